The summed E-state index contributed by atoms with van der Waals surface area (Å²) in [6, 6.07) is 7.66. The lowest BCUT2D eigenvalue weighted by Crippen LogP contribution is -2.32. The molecule has 1 aromatic carbocycles. The first-order chi connectivity index (χ1) is 9.85. The van der Waals surface area contributed by atoms with E-state index in [4.69, 9.17) is 5.11 Å². The highest BCUT2D eigenvalue weighted by Crippen LogP contribution is 2.18. The van der Waals surface area contributed by atoms with Crippen molar-refractivity contribution in [3.63, 3.8) is 0 Å². The molecule has 1 atom stereocenters. The van der Waals surface area contributed by atoms with Crippen molar-refractivity contribution in [2.75, 3.05) is 18.6 Å². The fraction of sp³-hybridized carbons (Fsp3) is 0.400. The van der Waals surface area contributed by atoms with E-state index in [9.17, 15) is 13.2 Å². The Morgan fingerprint density at radius 1 is 1.38 bits per heavy atom. The number of hydrogen-bond donors (Lipinski definition) is 1. The largest absolute Gasteiger partial charge is 0.478 e. The van der Waals surface area contributed by atoms with Crippen molar-refractivity contribution in [2.24, 2.45) is 0 Å². The van der Waals surface area contributed by atoms with Gasteiger partial charge in [-0.1, -0.05) is 24.3 Å². The van der Waals surface area contributed by atoms with Gasteiger partial charge in [0.05, 0.1) is 11.5 Å². The monoisotopic (exact) mass is 309 g/mol. The van der Waals surface area contributed by atoms with E-state index >= 15 is 0 Å². The van der Waals surface area contributed by atoms with Gasteiger partial charge in [-0.2, -0.15) is 0 Å². The first-order valence-corrected chi connectivity index (χ1v) is 8.58. The molecule has 21 heavy (non-hydrogen) atoms. The lowest BCUT2D eigenvalue weighted by atomic mass is 10.1. The standard InChI is InChI=1S/C15H19NO4S/c1-16(14-8-9-21(19,20)11-14)10-13-4-2-12(3-5-13)6-7-15(17)18/h2-7,14H,8-11H2,1H3,(H,17,18). The van der Waals surface area contributed by atoms with Gasteiger partial charge in [-0.15, -0.1) is 0 Å². The third-order valence-corrected chi connectivity index (χ3v) is 5.41. The molecule has 1 fully saturated rings. The quantitative estimate of drug-likeness (QED) is 0.832. The number of sulfone groups is 1. The van der Waals surface area contributed by atoms with E-state index in [-0.39, 0.29) is 17.5 Å². The molecule has 114 valence electrons. The molecule has 1 unspecified atom stereocenters. The number of hydrogen-bond acceptors (Lipinski definition) is 4. The lowest BCUT2D eigenvalue weighted by Gasteiger charge is -2.23. The Morgan fingerprint density at radius 3 is 2.57 bits per heavy atom. The number of benzene rings is 1. The molecule has 1 aromatic rings. The minimum atomic E-state index is -2.86. The van der Waals surface area contributed by atoms with Crippen LogP contribution in [0.4, 0.5) is 0 Å². The fourth-order valence-corrected chi connectivity index (χ4v) is 4.25. The van der Waals surface area contributed by atoms with Crippen LogP contribution >= 0.6 is 0 Å². The molecule has 6 heteroatoms. The van der Waals surface area contributed by atoms with E-state index in [1.807, 2.05) is 31.3 Å². The number of nitrogens with zero attached hydrogens (tertiary/aromatic N) is 1. The average Bonchev–Trinajstić information content (AvgIpc) is 2.78. The topological polar surface area (TPSA) is 74.7 Å². The maximum Gasteiger partial charge on any atom is 0.328 e. The Morgan fingerprint density at radius 2 is 2.05 bits per heavy atom. The van der Waals surface area contributed by atoms with Crippen molar-refractivity contribution >= 4 is 21.9 Å². The van der Waals surface area contributed by atoms with E-state index in [0.29, 0.717) is 13.0 Å². The van der Waals surface area contributed by atoms with Gasteiger partial charge >= 0.3 is 5.97 Å². The normalized spacial score (nSPS) is 21.1. The van der Waals surface area contributed by atoms with Gasteiger partial charge < -0.3 is 5.11 Å². The number of carboxylic acids is 1. The van der Waals surface area contributed by atoms with Crippen molar-refractivity contribution in [1.82, 2.24) is 4.90 Å². The molecular formula is C15H19NO4S. The average molecular weight is 309 g/mol. The highest BCUT2D eigenvalue weighted by atomic mass is 32.2. The highest BCUT2D eigenvalue weighted by molar-refractivity contribution is 7.91. The summed E-state index contributed by atoms with van der Waals surface area (Å²) in [7, 11) is -0.927. The van der Waals surface area contributed by atoms with E-state index in [2.05, 4.69) is 4.90 Å². The number of carboxylic acid groups (broad SMARTS) is 1. The van der Waals surface area contributed by atoms with Crippen LogP contribution in [0.1, 0.15) is 17.5 Å². The summed E-state index contributed by atoms with van der Waals surface area (Å²) >= 11 is 0. The molecule has 0 radical (unpaired) electrons. The predicted molar refractivity (Wildman–Crippen MR) is 81.6 cm³/mol. The van der Waals surface area contributed by atoms with Gasteiger partial charge in [0.15, 0.2) is 9.84 Å². The molecule has 0 aromatic heterocycles. The maximum atomic E-state index is 11.5. The van der Waals surface area contributed by atoms with Crippen molar-refractivity contribution in [3.8, 4) is 0 Å². The minimum Gasteiger partial charge on any atom is -0.478 e. The van der Waals surface area contributed by atoms with Crippen molar-refractivity contribution in [3.05, 3.63) is 41.5 Å². The van der Waals surface area contributed by atoms with Crippen LogP contribution in [-0.2, 0) is 21.2 Å². The zero-order valence-electron chi connectivity index (χ0n) is 11.9. The second-order valence-electron chi connectivity index (χ2n) is 5.39. The molecule has 1 aliphatic rings. The van der Waals surface area contributed by atoms with E-state index in [1.165, 1.54) is 0 Å². The summed E-state index contributed by atoms with van der Waals surface area (Å²) in [6.07, 6.45) is 3.34. The van der Waals surface area contributed by atoms with Gasteiger partial charge in [-0.25, -0.2) is 13.2 Å². The number of carbonyl (C=O) groups is 1. The zero-order chi connectivity index (χ0) is 15.5. The summed E-state index contributed by atoms with van der Waals surface area (Å²) < 4.78 is 23.0. The molecule has 5 nitrogen and oxygen atoms in total. The van der Waals surface area contributed by atoms with Crippen LogP contribution in [0, 0.1) is 0 Å². The van der Waals surface area contributed by atoms with E-state index in [0.717, 1.165) is 17.2 Å². The smallest absolute Gasteiger partial charge is 0.328 e. The number of aliphatic carboxylic acids is 1. The van der Waals surface area contributed by atoms with Crippen LogP contribution in [0.3, 0.4) is 0 Å². The van der Waals surface area contributed by atoms with Gasteiger partial charge in [0.2, 0.25) is 0 Å². The Labute approximate surface area is 124 Å². The maximum absolute atomic E-state index is 11.5. The van der Waals surface area contributed by atoms with Crippen LogP contribution in [0.15, 0.2) is 30.3 Å². The van der Waals surface area contributed by atoms with Crippen molar-refractivity contribution in [2.45, 2.75) is 19.0 Å². The van der Waals surface area contributed by atoms with Crippen molar-refractivity contribution < 1.29 is 18.3 Å². The molecule has 1 N–H and O–H groups in total. The molecule has 0 saturated carbocycles. The highest BCUT2D eigenvalue weighted by Gasteiger charge is 2.30. The van der Waals surface area contributed by atoms with Gasteiger partial charge in [0.25, 0.3) is 0 Å². The summed E-state index contributed by atoms with van der Waals surface area (Å²) in [5.41, 5.74) is 1.90. The van der Waals surface area contributed by atoms with Crippen LogP contribution in [0.25, 0.3) is 6.08 Å². The minimum absolute atomic E-state index is 0.0848. The van der Waals surface area contributed by atoms with Crippen LogP contribution < -0.4 is 0 Å². The number of rotatable bonds is 5. The van der Waals surface area contributed by atoms with Gasteiger partial charge in [0.1, 0.15) is 0 Å². The summed E-state index contributed by atoms with van der Waals surface area (Å²) in [5, 5.41) is 8.57. The van der Waals surface area contributed by atoms with Gasteiger partial charge in [-0.05, 0) is 30.7 Å². The fourth-order valence-electron chi connectivity index (χ4n) is 2.44. The van der Waals surface area contributed by atoms with Crippen LogP contribution in [-0.4, -0.2) is 49.0 Å². The Hall–Kier alpha value is -1.66. The first kappa shape index (κ1) is 15.7. The molecule has 2 rings (SSSR count). The Bertz CT molecular complexity index is 634. The molecule has 0 amide bonds. The van der Waals surface area contributed by atoms with Crippen molar-refractivity contribution in [1.29, 1.82) is 0 Å². The summed E-state index contributed by atoms with van der Waals surface area (Å²) in [4.78, 5) is 12.5. The van der Waals surface area contributed by atoms with Crippen LogP contribution in [0.5, 0.6) is 0 Å². The van der Waals surface area contributed by atoms with E-state index in [1.54, 1.807) is 6.08 Å². The second kappa shape index (κ2) is 6.41. The van der Waals surface area contributed by atoms with Gasteiger partial charge in [-0.3, -0.25) is 4.90 Å². The van der Waals surface area contributed by atoms with Crippen LogP contribution in [0.2, 0.25) is 0 Å². The summed E-state index contributed by atoms with van der Waals surface area (Å²) in [5.74, 6) is -0.453. The second-order valence-corrected chi connectivity index (χ2v) is 7.61. The zero-order valence-corrected chi connectivity index (χ0v) is 12.7. The SMILES string of the molecule is CN(Cc1ccc(C=CC(=O)O)cc1)C1CCS(=O)(=O)C1. The van der Waals surface area contributed by atoms with E-state index < -0.39 is 15.8 Å². The Kier molecular flexibility index (Phi) is 4.80. The third-order valence-electron chi connectivity index (χ3n) is 3.66. The van der Waals surface area contributed by atoms with Gasteiger partial charge in [0, 0.05) is 18.7 Å². The molecule has 0 spiro atoms. The lowest BCUT2D eigenvalue weighted by molar-refractivity contribution is -0.131. The molecule has 0 bridgehead atoms. The predicted octanol–water partition coefficient (Wildman–Crippen LogP) is 1.40. The molecule has 0 aliphatic carbocycles. The third kappa shape index (κ3) is 4.68. The molecule has 1 heterocycles. The Balaban J connectivity index is 1.95. The molecule has 1 aliphatic heterocycles. The molecular weight excluding hydrogens is 290 g/mol. The summed E-state index contributed by atoms with van der Waals surface area (Å²) in [6.45, 7) is 0.684. The first-order valence-electron chi connectivity index (χ1n) is 6.76. The molecule has 1 saturated heterocycles.